The van der Waals surface area contributed by atoms with Crippen molar-refractivity contribution in [2.75, 3.05) is 7.05 Å². The molecule has 2 aliphatic rings. The van der Waals surface area contributed by atoms with Crippen molar-refractivity contribution in [1.82, 2.24) is 5.43 Å². The normalized spacial score (nSPS) is 33.0. The molecule has 1 N–H and O–H groups in total. The number of amidine groups is 1. The van der Waals surface area contributed by atoms with Gasteiger partial charge in [-0.1, -0.05) is 0 Å². The molecular weight excluding hydrogens is 158 g/mol. The van der Waals surface area contributed by atoms with E-state index < -0.39 is 0 Å². The van der Waals surface area contributed by atoms with E-state index in [9.17, 15) is 0 Å². The minimum absolute atomic E-state index is 0.599. The summed E-state index contributed by atoms with van der Waals surface area (Å²) in [5.74, 6) is 0. The number of hydrogen-bond donors (Lipinski definition) is 1. The second-order valence-electron chi connectivity index (χ2n) is 2.73. The third-order valence-electron chi connectivity index (χ3n) is 1.97. The molecule has 1 saturated heterocycles. The molecule has 4 heteroatoms. The Morgan fingerprint density at radius 3 is 3.45 bits per heavy atom. The van der Waals surface area contributed by atoms with Crippen LogP contribution >= 0.6 is 11.8 Å². The fourth-order valence-electron chi connectivity index (χ4n) is 1.38. The molecule has 1 unspecified atom stereocenters. The molecule has 0 amide bonds. The van der Waals surface area contributed by atoms with Crippen LogP contribution in [-0.4, -0.2) is 28.5 Å². The summed E-state index contributed by atoms with van der Waals surface area (Å²) in [6.07, 6.45) is 6.00. The first-order valence-corrected chi connectivity index (χ1v) is 4.80. The average Bonchev–Trinajstić information content (AvgIpc) is 2.46. The fraction of sp³-hybridized carbons (Fsp3) is 0.714. The number of hydrogen-bond acceptors (Lipinski definition) is 2. The highest BCUT2D eigenvalue weighted by molar-refractivity contribution is 8.14. The highest BCUT2D eigenvalue weighted by Crippen LogP contribution is 2.25. The van der Waals surface area contributed by atoms with Crippen LogP contribution in [0.1, 0.15) is 19.3 Å². The van der Waals surface area contributed by atoms with Crippen LogP contribution in [0.2, 0.25) is 0 Å². The molecule has 2 aliphatic heterocycles. The van der Waals surface area contributed by atoms with Crippen molar-refractivity contribution >= 4 is 23.1 Å². The third-order valence-corrected chi connectivity index (χ3v) is 3.20. The molecule has 60 valence electrons. The summed E-state index contributed by atoms with van der Waals surface area (Å²) in [4.78, 5) is 4.12. The molecule has 1 atom stereocenters. The zero-order valence-corrected chi connectivity index (χ0v) is 7.40. The van der Waals surface area contributed by atoms with Crippen LogP contribution in [-0.2, 0) is 0 Å². The van der Waals surface area contributed by atoms with Gasteiger partial charge in [-0.2, -0.15) is 0 Å². The summed E-state index contributed by atoms with van der Waals surface area (Å²) in [6.45, 7) is 0. The molecule has 0 saturated carbocycles. The number of hydrazone groups is 1. The predicted octanol–water partition coefficient (Wildman–Crippen LogP) is 0.817. The van der Waals surface area contributed by atoms with E-state index in [0.717, 1.165) is 5.17 Å². The van der Waals surface area contributed by atoms with E-state index in [2.05, 4.69) is 21.3 Å². The summed E-state index contributed by atoms with van der Waals surface area (Å²) in [6, 6.07) is 0. The van der Waals surface area contributed by atoms with E-state index in [1.54, 1.807) is 0 Å². The zero-order chi connectivity index (χ0) is 7.68. The lowest BCUT2D eigenvalue weighted by Crippen LogP contribution is -2.31. The van der Waals surface area contributed by atoms with Crippen LogP contribution < -0.4 is 5.43 Å². The lowest BCUT2D eigenvalue weighted by Gasteiger charge is -2.06. The van der Waals surface area contributed by atoms with Crippen molar-refractivity contribution in [2.45, 2.75) is 24.6 Å². The van der Waals surface area contributed by atoms with Crippen LogP contribution in [0.5, 0.6) is 0 Å². The first kappa shape index (κ1) is 7.16. The maximum Gasteiger partial charge on any atom is 0.234 e. The van der Waals surface area contributed by atoms with Crippen LogP contribution in [0.25, 0.3) is 0 Å². The number of nitrogens with zero attached hydrogens (tertiary/aromatic N) is 2. The Kier molecular flexibility index (Phi) is 1.85. The van der Waals surface area contributed by atoms with Crippen LogP contribution in [0.15, 0.2) is 4.99 Å². The number of thioether (sulfide) groups is 1. The Bertz CT molecular complexity index is 222. The smallest absolute Gasteiger partial charge is 0.234 e. The van der Waals surface area contributed by atoms with Crippen molar-refractivity contribution in [3.63, 3.8) is 0 Å². The summed E-state index contributed by atoms with van der Waals surface area (Å²) >= 11 is 1.83. The van der Waals surface area contributed by atoms with Crippen molar-refractivity contribution in [3.05, 3.63) is 0 Å². The molecule has 11 heavy (non-hydrogen) atoms. The van der Waals surface area contributed by atoms with Crippen molar-refractivity contribution in [3.8, 4) is 0 Å². The van der Waals surface area contributed by atoms with E-state index in [-0.39, 0.29) is 0 Å². The Morgan fingerprint density at radius 1 is 1.82 bits per heavy atom. The Morgan fingerprint density at radius 2 is 2.73 bits per heavy atom. The van der Waals surface area contributed by atoms with Gasteiger partial charge in [0.15, 0.2) is 6.21 Å². The van der Waals surface area contributed by atoms with Gasteiger partial charge < -0.3 is 0 Å². The van der Waals surface area contributed by atoms with Gasteiger partial charge in [-0.3, -0.25) is 4.99 Å². The SMILES string of the molecule is CN=C1N[N+]2=CCCCC2S1. The summed E-state index contributed by atoms with van der Waals surface area (Å²) in [7, 11) is 1.83. The molecule has 2 heterocycles. The molecule has 0 radical (unpaired) electrons. The topological polar surface area (TPSA) is 27.4 Å². The molecule has 2 rings (SSSR count). The average molecular weight is 170 g/mol. The molecule has 0 aromatic rings. The monoisotopic (exact) mass is 170 g/mol. The molecule has 0 aromatic carbocycles. The predicted molar refractivity (Wildman–Crippen MR) is 48.0 cm³/mol. The molecule has 0 spiro atoms. The van der Waals surface area contributed by atoms with Gasteiger partial charge in [0.2, 0.25) is 10.5 Å². The van der Waals surface area contributed by atoms with E-state index in [4.69, 9.17) is 0 Å². The molecule has 0 bridgehead atoms. The fourth-order valence-corrected chi connectivity index (χ4v) is 2.44. The highest BCUT2D eigenvalue weighted by Gasteiger charge is 2.34. The van der Waals surface area contributed by atoms with Crippen molar-refractivity contribution in [2.24, 2.45) is 4.99 Å². The van der Waals surface area contributed by atoms with E-state index in [1.165, 1.54) is 19.3 Å². The largest absolute Gasteiger partial charge is 0.261 e. The van der Waals surface area contributed by atoms with Gasteiger partial charge in [-0.25, -0.2) is 0 Å². The summed E-state index contributed by atoms with van der Waals surface area (Å²) < 4.78 is 2.18. The Balaban J connectivity index is 2.17. The lowest BCUT2D eigenvalue weighted by atomic mass is 10.2. The Labute approximate surface area is 70.6 Å². The minimum Gasteiger partial charge on any atom is -0.261 e. The van der Waals surface area contributed by atoms with E-state index in [1.807, 2.05) is 18.8 Å². The molecular formula is C7H12N3S+. The molecule has 1 fully saturated rings. The Hall–Kier alpha value is -0.510. The maximum atomic E-state index is 4.12. The van der Waals surface area contributed by atoms with Crippen molar-refractivity contribution in [1.29, 1.82) is 0 Å². The first-order chi connectivity index (χ1) is 5.40. The lowest BCUT2D eigenvalue weighted by molar-refractivity contribution is -0.578. The van der Waals surface area contributed by atoms with Gasteiger partial charge in [-0.15, -0.1) is 10.1 Å². The zero-order valence-electron chi connectivity index (χ0n) is 6.58. The van der Waals surface area contributed by atoms with E-state index >= 15 is 0 Å². The van der Waals surface area contributed by atoms with Gasteiger partial charge in [0, 0.05) is 19.9 Å². The standard InChI is InChI=1S/C7H12N3S/c1-8-7-9-10-5-3-2-4-6(10)11-7/h5-6H,2-4H2,1H3,(H,8,9)/q+1. The number of nitrogens with one attached hydrogen (secondary N) is 1. The number of aliphatic imine (C=N–C) groups is 1. The quantitative estimate of drug-likeness (QED) is 0.545. The number of fused-ring (bicyclic) bond motifs is 1. The molecule has 3 nitrogen and oxygen atoms in total. The first-order valence-electron chi connectivity index (χ1n) is 3.92. The summed E-state index contributed by atoms with van der Waals surface area (Å²) in [5, 5.41) is 1.65. The maximum absolute atomic E-state index is 4.12. The number of rotatable bonds is 0. The highest BCUT2D eigenvalue weighted by atomic mass is 32.2. The van der Waals surface area contributed by atoms with Gasteiger partial charge >= 0.3 is 0 Å². The van der Waals surface area contributed by atoms with Crippen LogP contribution in [0.3, 0.4) is 0 Å². The molecule has 0 aromatic heterocycles. The van der Waals surface area contributed by atoms with E-state index in [0.29, 0.717) is 5.37 Å². The van der Waals surface area contributed by atoms with Crippen molar-refractivity contribution < 1.29 is 4.68 Å². The minimum atomic E-state index is 0.599. The van der Waals surface area contributed by atoms with Gasteiger partial charge in [-0.05, 0) is 18.2 Å². The van der Waals surface area contributed by atoms with Gasteiger partial charge in [0.25, 0.3) is 0 Å². The van der Waals surface area contributed by atoms with Gasteiger partial charge in [0.1, 0.15) is 0 Å². The summed E-state index contributed by atoms with van der Waals surface area (Å²) in [5.41, 5.74) is 3.23. The molecule has 0 aliphatic carbocycles. The second kappa shape index (κ2) is 2.85. The second-order valence-corrected chi connectivity index (χ2v) is 3.90. The third kappa shape index (κ3) is 1.27. The number of hydrazine groups is 1. The van der Waals surface area contributed by atoms with Crippen LogP contribution in [0.4, 0.5) is 0 Å². The van der Waals surface area contributed by atoms with Gasteiger partial charge in [0.05, 0.1) is 0 Å². The van der Waals surface area contributed by atoms with Crippen LogP contribution in [0, 0.1) is 0 Å².